The van der Waals surface area contributed by atoms with Gasteiger partial charge in [0, 0.05) is 25.2 Å². The molecule has 1 atom stereocenters. The summed E-state index contributed by atoms with van der Waals surface area (Å²) in [5, 5.41) is 4.73. The standard InChI is InChI=1S/C16H18N6O3S2/c1-11(23)7-14-18-8-15(26-14)27(24,25)21-6-2-3-12(9-21)13-4-5-17-16-19-10-20-22(13)16/h4-5,8,10,12H,2-3,6-7,9H2,1H3/t12-/m0/s1. The summed E-state index contributed by atoms with van der Waals surface area (Å²) in [6, 6.07) is 1.86. The number of nitrogens with zero attached hydrogens (tertiary/aromatic N) is 6. The Labute approximate surface area is 160 Å². The number of carbonyl (C=O) groups excluding carboxylic acids is 1. The molecule has 1 aliphatic heterocycles. The molecule has 0 radical (unpaired) electrons. The number of fused-ring (bicyclic) bond motifs is 1. The van der Waals surface area contributed by atoms with Crippen LogP contribution in [0.5, 0.6) is 0 Å². The molecule has 0 N–H and O–H groups in total. The summed E-state index contributed by atoms with van der Waals surface area (Å²) in [6.45, 7) is 2.29. The minimum Gasteiger partial charge on any atom is -0.300 e. The molecular formula is C16H18N6O3S2. The highest BCUT2D eigenvalue weighted by molar-refractivity contribution is 7.91. The minimum atomic E-state index is -3.64. The fourth-order valence-corrected chi connectivity index (χ4v) is 6.23. The number of hydrogen-bond donors (Lipinski definition) is 0. The van der Waals surface area contributed by atoms with Gasteiger partial charge in [0.2, 0.25) is 0 Å². The Morgan fingerprint density at radius 2 is 2.19 bits per heavy atom. The number of ketones is 1. The zero-order valence-electron chi connectivity index (χ0n) is 14.6. The Kier molecular flexibility index (Phi) is 4.74. The predicted molar refractivity (Wildman–Crippen MR) is 98.0 cm³/mol. The maximum Gasteiger partial charge on any atom is 0.254 e. The molecular weight excluding hydrogens is 388 g/mol. The van der Waals surface area contributed by atoms with Crippen molar-refractivity contribution in [3.63, 3.8) is 0 Å². The second-order valence-electron chi connectivity index (χ2n) is 6.50. The van der Waals surface area contributed by atoms with Crippen LogP contribution in [0.3, 0.4) is 0 Å². The van der Waals surface area contributed by atoms with E-state index in [1.165, 1.54) is 23.8 Å². The number of carbonyl (C=O) groups is 1. The zero-order valence-corrected chi connectivity index (χ0v) is 16.3. The van der Waals surface area contributed by atoms with Gasteiger partial charge in [-0.05, 0) is 25.8 Å². The summed E-state index contributed by atoms with van der Waals surface area (Å²) in [7, 11) is -3.64. The van der Waals surface area contributed by atoms with Gasteiger partial charge in [0.05, 0.1) is 18.3 Å². The van der Waals surface area contributed by atoms with Crippen LogP contribution in [0, 0.1) is 0 Å². The molecule has 0 aliphatic carbocycles. The average Bonchev–Trinajstić information content (AvgIpc) is 3.30. The van der Waals surface area contributed by atoms with Crippen LogP contribution in [-0.2, 0) is 21.2 Å². The second kappa shape index (κ2) is 7.06. The van der Waals surface area contributed by atoms with Gasteiger partial charge in [0.1, 0.15) is 17.1 Å². The van der Waals surface area contributed by atoms with Crippen LogP contribution in [0.4, 0.5) is 0 Å². The van der Waals surface area contributed by atoms with E-state index >= 15 is 0 Å². The molecule has 1 saturated heterocycles. The number of hydrogen-bond acceptors (Lipinski definition) is 8. The first-order valence-corrected chi connectivity index (χ1v) is 10.8. The van der Waals surface area contributed by atoms with E-state index in [-0.39, 0.29) is 22.3 Å². The van der Waals surface area contributed by atoms with Gasteiger partial charge in [-0.15, -0.1) is 11.3 Å². The third-order valence-electron chi connectivity index (χ3n) is 4.54. The number of Topliss-reactive ketones (excluding diaryl/α,β-unsaturated/α-hetero) is 1. The molecule has 0 amide bonds. The molecule has 0 aromatic carbocycles. The van der Waals surface area contributed by atoms with Crippen LogP contribution in [0.25, 0.3) is 5.78 Å². The smallest absolute Gasteiger partial charge is 0.254 e. The lowest BCUT2D eigenvalue weighted by Gasteiger charge is -2.31. The van der Waals surface area contributed by atoms with Crippen molar-refractivity contribution in [1.29, 1.82) is 0 Å². The highest BCUT2D eigenvalue weighted by atomic mass is 32.2. The van der Waals surface area contributed by atoms with Gasteiger partial charge in [0.25, 0.3) is 15.8 Å². The van der Waals surface area contributed by atoms with Gasteiger partial charge in [-0.2, -0.15) is 14.4 Å². The molecule has 3 aromatic rings. The van der Waals surface area contributed by atoms with Crippen LogP contribution < -0.4 is 0 Å². The largest absolute Gasteiger partial charge is 0.300 e. The van der Waals surface area contributed by atoms with Crippen molar-refractivity contribution >= 4 is 32.9 Å². The molecule has 142 valence electrons. The van der Waals surface area contributed by atoms with Crippen molar-refractivity contribution in [2.75, 3.05) is 13.1 Å². The van der Waals surface area contributed by atoms with Crippen LogP contribution in [0.15, 0.2) is 29.0 Å². The highest BCUT2D eigenvalue weighted by Gasteiger charge is 2.33. The summed E-state index contributed by atoms with van der Waals surface area (Å²) in [4.78, 5) is 23.6. The van der Waals surface area contributed by atoms with Gasteiger partial charge >= 0.3 is 0 Å². The van der Waals surface area contributed by atoms with E-state index in [1.54, 1.807) is 10.7 Å². The SMILES string of the molecule is CC(=O)Cc1ncc(S(=O)(=O)N2CCC[C@H](c3ccnc4ncnn34)C2)s1. The summed E-state index contributed by atoms with van der Waals surface area (Å²) >= 11 is 1.06. The normalized spacial score (nSPS) is 18.8. The van der Waals surface area contributed by atoms with Crippen molar-refractivity contribution in [1.82, 2.24) is 28.9 Å². The number of aromatic nitrogens is 5. The minimum absolute atomic E-state index is 0.00494. The fourth-order valence-electron chi connectivity index (χ4n) is 3.30. The lowest BCUT2D eigenvalue weighted by molar-refractivity contribution is -0.116. The maximum atomic E-state index is 13.0. The van der Waals surface area contributed by atoms with E-state index in [0.717, 1.165) is 29.9 Å². The Hall–Kier alpha value is -2.24. The van der Waals surface area contributed by atoms with Crippen molar-refractivity contribution in [3.8, 4) is 0 Å². The molecule has 11 heteroatoms. The van der Waals surface area contributed by atoms with Crippen LogP contribution in [0.1, 0.15) is 36.4 Å². The zero-order chi connectivity index (χ0) is 19.0. The van der Waals surface area contributed by atoms with Gasteiger partial charge in [0.15, 0.2) is 4.21 Å². The van der Waals surface area contributed by atoms with Crippen LogP contribution in [0.2, 0.25) is 0 Å². The Morgan fingerprint density at radius 3 is 3.00 bits per heavy atom. The summed E-state index contributed by atoms with van der Waals surface area (Å²) in [6.07, 6.45) is 6.24. The topological polar surface area (TPSA) is 110 Å². The molecule has 4 heterocycles. The van der Waals surface area contributed by atoms with E-state index in [2.05, 4.69) is 20.1 Å². The Balaban J connectivity index is 1.59. The summed E-state index contributed by atoms with van der Waals surface area (Å²) < 4.78 is 29.4. The van der Waals surface area contributed by atoms with Gasteiger partial charge < -0.3 is 0 Å². The average molecular weight is 406 g/mol. The molecule has 27 heavy (non-hydrogen) atoms. The third kappa shape index (κ3) is 3.49. The molecule has 0 unspecified atom stereocenters. The first-order valence-electron chi connectivity index (χ1n) is 8.54. The number of thiazole rings is 1. The first kappa shape index (κ1) is 18.1. The molecule has 9 nitrogen and oxygen atoms in total. The molecule has 0 spiro atoms. The molecule has 0 saturated carbocycles. The molecule has 4 rings (SSSR count). The van der Waals surface area contributed by atoms with Gasteiger partial charge in [-0.1, -0.05) is 0 Å². The Morgan fingerprint density at radius 1 is 1.33 bits per heavy atom. The van der Waals surface area contributed by atoms with Crippen molar-refractivity contribution < 1.29 is 13.2 Å². The molecule has 3 aromatic heterocycles. The second-order valence-corrected chi connectivity index (χ2v) is 9.78. The Bertz CT molecular complexity index is 1090. The predicted octanol–water partition coefficient (Wildman–Crippen LogP) is 1.28. The van der Waals surface area contributed by atoms with Gasteiger partial charge in [-0.25, -0.2) is 22.9 Å². The third-order valence-corrected chi connectivity index (χ3v) is 7.84. The number of sulfonamides is 1. The molecule has 1 fully saturated rings. The van der Waals surface area contributed by atoms with Crippen LogP contribution in [-0.4, -0.2) is 56.2 Å². The summed E-state index contributed by atoms with van der Waals surface area (Å²) in [5.41, 5.74) is 0.902. The van der Waals surface area contributed by atoms with Crippen molar-refractivity contribution in [3.05, 3.63) is 35.5 Å². The van der Waals surface area contributed by atoms with E-state index in [0.29, 0.717) is 23.9 Å². The quantitative estimate of drug-likeness (QED) is 0.627. The first-order chi connectivity index (χ1) is 12.9. The van der Waals surface area contributed by atoms with Crippen molar-refractivity contribution in [2.24, 2.45) is 0 Å². The van der Waals surface area contributed by atoms with E-state index in [4.69, 9.17) is 0 Å². The number of rotatable bonds is 5. The molecule has 1 aliphatic rings. The van der Waals surface area contributed by atoms with E-state index in [1.807, 2.05) is 6.07 Å². The lowest BCUT2D eigenvalue weighted by atomic mass is 9.96. The summed E-state index contributed by atoms with van der Waals surface area (Å²) in [5.74, 6) is 0.468. The number of piperidine rings is 1. The fraction of sp³-hybridized carbons (Fsp3) is 0.438. The lowest BCUT2D eigenvalue weighted by Crippen LogP contribution is -2.39. The van der Waals surface area contributed by atoms with Crippen LogP contribution >= 0.6 is 11.3 Å². The monoisotopic (exact) mass is 406 g/mol. The van der Waals surface area contributed by atoms with Gasteiger partial charge in [-0.3, -0.25) is 4.79 Å². The molecule has 0 bridgehead atoms. The van der Waals surface area contributed by atoms with Crippen molar-refractivity contribution in [2.45, 2.75) is 36.3 Å². The highest BCUT2D eigenvalue weighted by Crippen LogP contribution is 2.31. The van der Waals surface area contributed by atoms with E-state index < -0.39 is 10.0 Å². The van der Waals surface area contributed by atoms with E-state index in [9.17, 15) is 13.2 Å². The maximum absolute atomic E-state index is 13.0.